The molecule has 1 atom stereocenters. The topological polar surface area (TPSA) is 84.3 Å². The first kappa shape index (κ1) is 22.5. The SMILES string of the molecule is COc1ccc(-c2c(-c3ccc(C#N)c(F)c3)cc(N3CCC[C@H](N)C3)c(=O)n2C)cc1F. The summed E-state index contributed by atoms with van der Waals surface area (Å²) in [7, 11) is 2.98. The van der Waals surface area contributed by atoms with E-state index in [2.05, 4.69) is 0 Å². The summed E-state index contributed by atoms with van der Waals surface area (Å²) >= 11 is 0. The van der Waals surface area contributed by atoms with Gasteiger partial charge in [0.1, 0.15) is 17.6 Å². The van der Waals surface area contributed by atoms with E-state index in [1.54, 1.807) is 25.2 Å². The number of nitriles is 1. The van der Waals surface area contributed by atoms with E-state index in [9.17, 15) is 13.6 Å². The van der Waals surface area contributed by atoms with E-state index in [0.29, 0.717) is 41.2 Å². The number of hydrogen-bond donors (Lipinski definition) is 1. The molecule has 3 aromatic rings. The van der Waals surface area contributed by atoms with Crippen molar-refractivity contribution in [2.24, 2.45) is 12.8 Å². The Morgan fingerprint density at radius 3 is 2.48 bits per heavy atom. The van der Waals surface area contributed by atoms with E-state index in [1.165, 1.54) is 35.9 Å². The Bertz CT molecular complexity index is 1310. The number of nitrogens with two attached hydrogens (primary N) is 1. The zero-order chi connectivity index (χ0) is 23.7. The van der Waals surface area contributed by atoms with Gasteiger partial charge in [0.2, 0.25) is 0 Å². The molecule has 2 aromatic carbocycles. The van der Waals surface area contributed by atoms with Crippen LogP contribution in [0.4, 0.5) is 14.5 Å². The summed E-state index contributed by atoms with van der Waals surface area (Å²) < 4.78 is 35.5. The molecule has 0 amide bonds. The van der Waals surface area contributed by atoms with Crippen LogP contribution in [0.2, 0.25) is 0 Å². The number of nitrogens with zero attached hydrogens (tertiary/aromatic N) is 3. The molecule has 4 rings (SSSR count). The molecule has 0 saturated carbocycles. The Kier molecular flexibility index (Phi) is 6.16. The highest BCUT2D eigenvalue weighted by atomic mass is 19.1. The van der Waals surface area contributed by atoms with Gasteiger partial charge in [-0.15, -0.1) is 0 Å². The van der Waals surface area contributed by atoms with Crippen molar-refractivity contribution in [3.8, 4) is 34.2 Å². The minimum atomic E-state index is -0.669. The second-order valence-corrected chi connectivity index (χ2v) is 8.16. The van der Waals surface area contributed by atoms with Crippen molar-refractivity contribution in [3.05, 3.63) is 70.0 Å². The Morgan fingerprint density at radius 1 is 1.12 bits per heavy atom. The fourth-order valence-electron chi connectivity index (χ4n) is 4.33. The predicted molar refractivity (Wildman–Crippen MR) is 123 cm³/mol. The molecule has 0 aliphatic carbocycles. The van der Waals surface area contributed by atoms with Crippen molar-refractivity contribution in [3.63, 3.8) is 0 Å². The van der Waals surface area contributed by atoms with Gasteiger partial charge in [0.25, 0.3) is 5.56 Å². The summed E-state index contributed by atoms with van der Waals surface area (Å²) in [4.78, 5) is 15.3. The van der Waals surface area contributed by atoms with Crippen molar-refractivity contribution < 1.29 is 13.5 Å². The first-order chi connectivity index (χ1) is 15.8. The van der Waals surface area contributed by atoms with E-state index in [0.717, 1.165) is 12.8 Å². The van der Waals surface area contributed by atoms with Gasteiger partial charge < -0.3 is 19.9 Å². The first-order valence-corrected chi connectivity index (χ1v) is 10.6. The number of halogens is 2. The zero-order valence-corrected chi connectivity index (χ0v) is 18.4. The molecule has 2 heterocycles. The number of benzene rings is 2. The Morgan fingerprint density at radius 2 is 1.85 bits per heavy atom. The number of anilines is 1. The van der Waals surface area contributed by atoms with Gasteiger partial charge in [-0.05, 0) is 54.8 Å². The fourth-order valence-corrected chi connectivity index (χ4v) is 4.33. The van der Waals surface area contributed by atoms with Gasteiger partial charge in [-0.2, -0.15) is 5.26 Å². The molecule has 8 heteroatoms. The standard InChI is InChI=1S/C25H24F2N4O2/c1-30-24(16-7-8-23(33-2)21(27)11-16)19(15-5-6-17(13-28)20(26)10-15)12-22(25(30)32)31-9-3-4-18(29)14-31/h5-8,10-12,18H,3-4,9,14,29H2,1-2H3/t18-/m0/s1. The van der Waals surface area contributed by atoms with Crippen LogP contribution in [0.15, 0.2) is 47.3 Å². The van der Waals surface area contributed by atoms with Crippen molar-refractivity contribution in [1.29, 1.82) is 5.26 Å². The number of ether oxygens (including phenoxy) is 1. The monoisotopic (exact) mass is 450 g/mol. The second-order valence-electron chi connectivity index (χ2n) is 8.16. The number of aromatic nitrogens is 1. The van der Waals surface area contributed by atoms with Crippen LogP contribution in [-0.4, -0.2) is 30.8 Å². The maximum absolute atomic E-state index is 14.5. The number of methoxy groups -OCH3 is 1. The lowest BCUT2D eigenvalue weighted by Gasteiger charge is -2.33. The van der Waals surface area contributed by atoms with Gasteiger partial charge in [-0.3, -0.25) is 4.79 Å². The molecule has 1 fully saturated rings. The predicted octanol–water partition coefficient (Wildman–Crippen LogP) is 3.81. The summed E-state index contributed by atoms with van der Waals surface area (Å²) in [6.07, 6.45) is 1.74. The van der Waals surface area contributed by atoms with Gasteiger partial charge in [0.15, 0.2) is 11.6 Å². The molecule has 33 heavy (non-hydrogen) atoms. The summed E-state index contributed by atoms with van der Waals surface area (Å²) in [5, 5.41) is 9.10. The zero-order valence-electron chi connectivity index (χ0n) is 18.4. The van der Waals surface area contributed by atoms with Gasteiger partial charge in [-0.25, -0.2) is 8.78 Å². The number of piperidine rings is 1. The minimum Gasteiger partial charge on any atom is -0.494 e. The van der Waals surface area contributed by atoms with Crippen LogP contribution < -0.4 is 20.9 Å². The quantitative estimate of drug-likeness (QED) is 0.654. The molecule has 0 radical (unpaired) electrons. The smallest absolute Gasteiger partial charge is 0.274 e. The molecule has 1 aliphatic rings. The van der Waals surface area contributed by atoms with Crippen LogP contribution in [0.25, 0.3) is 22.4 Å². The Balaban J connectivity index is 1.98. The van der Waals surface area contributed by atoms with E-state index in [4.69, 9.17) is 15.7 Å². The van der Waals surface area contributed by atoms with Crippen LogP contribution in [0.1, 0.15) is 18.4 Å². The van der Waals surface area contributed by atoms with Crippen LogP contribution in [0.5, 0.6) is 5.75 Å². The summed E-state index contributed by atoms with van der Waals surface area (Å²) in [6.45, 7) is 1.22. The van der Waals surface area contributed by atoms with Crippen LogP contribution in [-0.2, 0) is 7.05 Å². The lowest BCUT2D eigenvalue weighted by Crippen LogP contribution is -2.45. The molecular weight excluding hydrogens is 426 g/mol. The molecule has 0 bridgehead atoms. The molecule has 1 aliphatic heterocycles. The van der Waals surface area contributed by atoms with Crippen molar-refractivity contribution >= 4 is 5.69 Å². The van der Waals surface area contributed by atoms with Crippen molar-refractivity contribution in [1.82, 2.24) is 4.57 Å². The molecule has 6 nitrogen and oxygen atoms in total. The molecule has 2 N–H and O–H groups in total. The number of pyridine rings is 1. The third kappa shape index (κ3) is 4.20. The highest BCUT2D eigenvalue weighted by molar-refractivity contribution is 5.84. The van der Waals surface area contributed by atoms with Gasteiger partial charge in [0, 0.05) is 37.3 Å². The summed E-state index contributed by atoms with van der Waals surface area (Å²) in [5.74, 6) is -1.17. The second kappa shape index (κ2) is 9.04. The molecule has 1 aromatic heterocycles. The van der Waals surface area contributed by atoms with Gasteiger partial charge >= 0.3 is 0 Å². The van der Waals surface area contributed by atoms with Gasteiger partial charge in [-0.1, -0.05) is 6.07 Å². The molecule has 170 valence electrons. The lowest BCUT2D eigenvalue weighted by molar-refractivity contribution is 0.386. The van der Waals surface area contributed by atoms with E-state index in [1.807, 2.05) is 11.0 Å². The first-order valence-electron chi connectivity index (χ1n) is 10.6. The van der Waals surface area contributed by atoms with Crippen molar-refractivity contribution in [2.45, 2.75) is 18.9 Å². The fraction of sp³-hybridized carbons (Fsp3) is 0.280. The van der Waals surface area contributed by atoms with E-state index in [-0.39, 0.29) is 22.9 Å². The van der Waals surface area contributed by atoms with Crippen molar-refractivity contribution in [2.75, 3.05) is 25.1 Å². The maximum Gasteiger partial charge on any atom is 0.274 e. The third-order valence-electron chi connectivity index (χ3n) is 6.02. The van der Waals surface area contributed by atoms with Gasteiger partial charge in [0.05, 0.1) is 18.4 Å². The minimum absolute atomic E-state index is 0.0466. The Hall–Kier alpha value is -3.70. The molecule has 1 saturated heterocycles. The van der Waals surface area contributed by atoms with Crippen LogP contribution in [0.3, 0.4) is 0 Å². The average molecular weight is 450 g/mol. The van der Waals surface area contributed by atoms with E-state index >= 15 is 0 Å². The normalized spacial score (nSPS) is 15.9. The number of hydrogen-bond acceptors (Lipinski definition) is 5. The Labute approximate surface area is 190 Å². The lowest BCUT2D eigenvalue weighted by atomic mass is 9.96. The van der Waals surface area contributed by atoms with Crippen LogP contribution in [0, 0.1) is 23.0 Å². The summed E-state index contributed by atoms with van der Waals surface area (Å²) in [5.41, 5.74) is 8.12. The molecule has 0 spiro atoms. The molecule has 0 unspecified atom stereocenters. The maximum atomic E-state index is 14.5. The number of rotatable bonds is 4. The molecular formula is C25H24F2N4O2. The highest BCUT2D eigenvalue weighted by Gasteiger charge is 2.24. The summed E-state index contributed by atoms with van der Waals surface area (Å²) in [6, 6.07) is 12.2. The largest absolute Gasteiger partial charge is 0.494 e. The third-order valence-corrected chi connectivity index (χ3v) is 6.02. The van der Waals surface area contributed by atoms with E-state index < -0.39 is 11.6 Å². The van der Waals surface area contributed by atoms with Crippen LogP contribution >= 0.6 is 0 Å². The average Bonchev–Trinajstić information content (AvgIpc) is 2.80. The highest BCUT2D eigenvalue weighted by Crippen LogP contribution is 2.36.